The Bertz CT molecular complexity index is 305. The predicted molar refractivity (Wildman–Crippen MR) is 75.1 cm³/mol. The van der Waals surface area contributed by atoms with Crippen molar-refractivity contribution in [1.82, 2.24) is 4.90 Å². The molecule has 2 heteroatoms. The molecular weight excluding hydrogens is 208 g/mol. The van der Waals surface area contributed by atoms with Crippen LogP contribution in [0.5, 0.6) is 0 Å². The van der Waals surface area contributed by atoms with Crippen LogP contribution in [0, 0.1) is 6.92 Å². The molecule has 1 rings (SSSR count). The minimum atomic E-state index is 0.354. The minimum Gasteiger partial charge on any atom is -0.329 e. The smallest absolute Gasteiger partial charge is 0.0467 e. The molecule has 0 saturated carbocycles. The van der Waals surface area contributed by atoms with E-state index in [4.69, 9.17) is 5.73 Å². The molecular formula is C15H26N2. The van der Waals surface area contributed by atoms with Crippen LogP contribution in [-0.2, 0) is 0 Å². The Morgan fingerprint density at radius 1 is 1.18 bits per heavy atom. The lowest BCUT2D eigenvalue weighted by Crippen LogP contribution is -2.31. The van der Waals surface area contributed by atoms with E-state index >= 15 is 0 Å². The van der Waals surface area contributed by atoms with E-state index in [2.05, 4.69) is 50.1 Å². The maximum absolute atomic E-state index is 5.91. The van der Waals surface area contributed by atoms with Crippen LogP contribution in [0.1, 0.15) is 43.4 Å². The summed E-state index contributed by atoms with van der Waals surface area (Å²) in [5.41, 5.74) is 8.54. The summed E-state index contributed by atoms with van der Waals surface area (Å²) in [5, 5.41) is 0. The minimum absolute atomic E-state index is 0.354. The van der Waals surface area contributed by atoms with E-state index in [1.54, 1.807) is 0 Å². The molecule has 0 bridgehead atoms. The Morgan fingerprint density at radius 2 is 1.82 bits per heavy atom. The van der Waals surface area contributed by atoms with Crippen LogP contribution in [-0.4, -0.2) is 25.0 Å². The zero-order valence-electron chi connectivity index (χ0n) is 11.4. The van der Waals surface area contributed by atoms with Gasteiger partial charge in [0.1, 0.15) is 0 Å². The zero-order chi connectivity index (χ0) is 12.7. The third-order valence-corrected chi connectivity index (χ3v) is 3.33. The van der Waals surface area contributed by atoms with Gasteiger partial charge in [-0.3, -0.25) is 4.90 Å². The molecule has 0 fully saturated rings. The van der Waals surface area contributed by atoms with Gasteiger partial charge in [0.25, 0.3) is 0 Å². The number of hydrogen-bond acceptors (Lipinski definition) is 2. The number of benzene rings is 1. The Balaban J connectivity index is 2.60. The Labute approximate surface area is 106 Å². The molecule has 2 N–H and O–H groups in total. The van der Waals surface area contributed by atoms with E-state index in [-0.39, 0.29) is 0 Å². The second kappa shape index (κ2) is 7.46. The number of unbranched alkanes of at least 4 members (excludes halogenated alkanes) is 2. The third kappa shape index (κ3) is 4.49. The lowest BCUT2D eigenvalue weighted by Gasteiger charge is -2.27. The summed E-state index contributed by atoms with van der Waals surface area (Å²) >= 11 is 0. The Kier molecular flexibility index (Phi) is 6.23. The van der Waals surface area contributed by atoms with E-state index in [9.17, 15) is 0 Å². The maximum Gasteiger partial charge on any atom is 0.0467 e. The molecule has 0 amide bonds. The van der Waals surface area contributed by atoms with Crippen LogP contribution in [0.3, 0.4) is 0 Å². The SMILES string of the molecule is CCCCCN(C)C(CN)c1ccc(C)cc1. The standard InChI is InChI=1S/C15H26N2/c1-4-5-6-11-17(3)15(12-16)14-9-7-13(2)8-10-14/h7-10,15H,4-6,11-12,16H2,1-3H3. The van der Waals surface area contributed by atoms with Crippen molar-refractivity contribution in [1.29, 1.82) is 0 Å². The number of nitrogens with zero attached hydrogens (tertiary/aromatic N) is 1. The zero-order valence-corrected chi connectivity index (χ0v) is 11.4. The van der Waals surface area contributed by atoms with E-state index < -0.39 is 0 Å². The van der Waals surface area contributed by atoms with Crippen molar-refractivity contribution in [3.8, 4) is 0 Å². The van der Waals surface area contributed by atoms with E-state index in [0.717, 1.165) is 6.54 Å². The number of aryl methyl sites for hydroxylation is 1. The van der Waals surface area contributed by atoms with Gasteiger partial charge in [-0.25, -0.2) is 0 Å². The maximum atomic E-state index is 5.91. The van der Waals surface area contributed by atoms with Crippen molar-refractivity contribution in [3.05, 3.63) is 35.4 Å². The molecule has 0 aliphatic heterocycles. The van der Waals surface area contributed by atoms with E-state index in [0.29, 0.717) is 12.6 Å². The average molecular weight is 234 g/mol. The fourth-order valence-electron chi connectivity index (χ4n) is 2.13. The van der Waals surface area contributed by atoms with Gasteiger partial charge in [0.15, 0.2) is 0 Å². The molecule has 17 heavy (non-hydrogen) atoms. The van der Waals surface area contributed by atoms with Crippen LogP contribution >= 0.6 is 0 Å². The molecule has 1 unspecified atom stereocenters. The molecule has 0 aliphatic carbocycles. The third-order valence-electron chi connectivity index (χ3n) is 3.33. The number of rotatable bonds is 7. The molecule has 1 aromatic rings. The van der Waals surface area contributed by atoms with Crippen LogP contribution in [0.25, 0.3) is 0 Å². The molecule has 96 valence electrons. The van der Waals surface area contributed by atoms with Crippen molar-refractivity contribution in [2.75, 3.05) is 20.1 Å². The van der Waals surface area contributed by atoms with Crippen molar-refractivity contribution in [3.63, 3.8) is 0 Å². The first kappa shape index (κ1) is 14.2. The molecule has 0 radical (unpaired) electrons. The van der Waals surface area contributed by atoms with Gasteiger partial charge in [-0.05, 0) is 32.5 Å². The van der Waals surface area contributed by atoms with Crippen LogP contribution < -0.4 is 5.73 Å². The van der Waals surface area contributed by atoms with Crippen LogP contribution in [0.15, 0.2) is 24.3 Å². The lowest BCUT2D eigenvalue weighted by molar-refractivity contribution is 0.245. The van der Waals surface area contributed by atoms with Crippen LogP contribution in [0.4, 0.5) is 0 Å². The first-order valence-corrected chi connectivity index (χ1v) is 6.66. The van der Waals surface area contributed by atoms with Crippen molar-refractivity contribution in [2.45, 2.75) is 39.2 Å². The number of likely N-dealkylation sites (N-methyl/N-ethyl adjacent to an activating group) is 1. The fourth-order valence-corrected chi connectivity index (χ4v) is 2.13. The second-order valence-corrected chi connectivity index (χ2v) is 4.85. The number of hydrogen-bond donors (Lipinski definition) is 1. The van der Waals surface area contributed by atoms with Gasteiger partial charge in [0, 0.05) is 12.6 Å². The van der Waals surface area contributed by atoms with Crippen LogP contribution in [0.2, 0.25) is 0 Å². The quantitative estimate of drug-likeness (QED) is 0.734. The summed E-state index contributed by atoms with van der Waals surface area (Å²) in [7, 11) is 2.17. The molecule has 0 spiro atoms. The lowest BCUT2D eigenvalue weighted by atomic mass is 10.0. The predicted octanol–water partition coefficient (Wildman–Crippen LogP) is 3.12. The molecule has 0 saturated heterocycles. The molecule has 1 atom stereocenters. The van der Waals surface area contributed by atoms with Gasteiger partial charge in [0.05, 0.1) is 0 Å². The first-order chi connectivity index (χ1) is 8.19. The largest absolute Gasteiger partial charge is 0.329 e. The summed E-state index contributed by atoms with van der Waals surface area (Å²) in [5.74, 6) is 0. The van der Waals surface area contributed by atoms with Gasteiger partial charge in [-0.15, -0.1) is 0 Å². The van der Waals surface area contributed by atoms with Gasteiger partial charge in [0.2, 0.25) is 0 Å². The van der Waals surface area contributed by atoms with Gasteiger partial charge in [-0.1, -0.05) is 49.6 Å². The summed E-state index contributed by atoms with van der Waals surface area (Å²) in [4.78, 5) is 2.38. The normalized spacial score (nSPS) is 13.0. The van der Waals surface area contributed by atoms with Gasteiger partial charge < -0.3 is 5.73 Å². The topological polar surface area (TPSA) is 29.3 Å². The summed E-state index contributed by atoms with van der Waals surface area (Å²) in [6, 6.07) is 9.08. The molecule has 1 aromatic carbocycles. The molecule has 0 aliphatic rings. The van der Waals surface area contributed by atoms with Gasteiger partial charge in [-0.2, -0.15) is 0 Å². The monoisotopic (exact) mass is 234 g/mol. The molecule has 0 aromatic heterocycles. The fraction of sp³-hybridized carbons (Fsp3) is 0.600. The highest BCUT2D eigenvalue weighted by atomic mass is 15.1. The Morgan fingerprint density at radius 3 is 2.35 bits per heavy atom. The van der Waals surface area contributed by atoms with E-state index in [1.165, 1.54) is 30.4 Å². The van der Waals surface area contributed by atoms with Crippen molar-refractivity contribution >= 4 is 0 Å². The first-order valence-electron chi connectivity index (χ1n) is 6.66. The Hall–Kier alpha value is -0.860. The second-order valence-electron chi connectivity index (χ2n) is 4.85. The highest BCUT2D eigenvalue weighted by Crippen LogP contribution is 2.19. The van der Waals surface area contributed by atoms with Crippen molar-refractivity contribution < 1.29 is 0 Å². The van der Waals surface area contributed by atoms with Crippen molar-refractivity contribution in [2.24, 2.45) is 5.73 Å². The highest BCUT2D eigenvalue weighted by molar-refractivity contribution is 5.24. The average Bonchev–Trinajstić information content (AvgIpc) is 2.33. The molecule has 2 nitrogen and oxygen atoms in total. The summed E-state index contributed by atoms with van der Waals surface area (Å²) < 4.78 is 0. The highest BCUT2D eigenvalue weighted by Gasteiger charge is 2.14. The number of nitrogens with two attached hydrogens (primary N) is 1. The molecule has 0 heterocycles. The summed E-state index contributed by atoms with van der Waals surface area (Å²) in [6.07, 6.45) is 3.83. The van der Waals surface area contributed by atoms with Gasteiger partial charge >= 0.3 is 0 Å². The summed E-state index contributed by atoms with van der Waals surface area (Å²) in [6.45, 7) is 6.17. The van der Waals surface area contributed by atoms with E-state index in [1.807, 2.05) is 0 Å².